The minimum Gasteiger partial charge on any atom is -0.107 e. The predicted octanol–water partition coefficient (Wildman–Crippen LogP) is 28.3. The standard InChI is InChI=1S/C72H147P/c1-4-7-10-13-16-19-22-25-28-31-34-37-40-43-46-49-52-55-58-61-64-67-70-73(71-68-65-62-59-56-53-50-47-44-41-38-35-32-29-26-23-20-17-14-11-8-5-2)72-69-66-63-60-57-54-51-48-45-42-39-36-33-30-27-24-21-18-15-12-9-6-3/h4-72H2,1-3H3. The highest BCUT2D eigenvalue weighted by Gasteiger charge is 2.09. The lowest BCUT2D eigenvalue weighted by atomic mass is 10.0. The largest absolute Gasteiger partial charge is 0.107 e. The lowest BCUT2D eigenvalue weighted by Crippen LogP contribution is -1.97. The molecule has 0 aliphatic rings. The molecule has 0 saturated carbocycles. The zero-order valence-electron chi connectivity index (χ0n) is 52.2. The van der Waals surface area contributed by atoms with Crippen LogP contribution in [0.4, 0.5) is 0 Å². The third kappa shape index (κ3) is 68.5. The van der Waals surface area contributed by atoms with E-state index >= 15 is 0 Å². The first-order chi connectivity index (χ1) is 36.3. The summed E-state index contributed by atoms with van der Waals surface area (Å²) in [5, 5.41) is 0. The first-order valence-corrected chi connectivity index (χ1v) is 38.0. The molecule has 0 atom stereocenters. The molecule has 0 saturated heterocycles. The summed E-state index contributed by atoms with van der Waals surface area (Å²) in [6, 6.07) is 0. The average Bonchev–Trinajstić information content (AvgIpc) is 3.40. The second-order valence-electron chi connectivity index (χ2n) is 25.1. The Labute approximate surface area is 468 Å². The van der Waals surface area contributed by atoms with Crippen LogP contribution in [0, 0.1) is 0 Å². The Morgan fingerprint density at radius 2 is 0.192 bits per heavy atom. The molecule has 0 aromatic rings. The van der Waals surface area contributed by atoms with E-state index in [0.29, 0.717) is 7.92 Å². The second-order valence-corrected chi connectivity index (χ2v) is 27.8. The van der Waals surface area contributed by atoms with Gasteiger partial charge in [0.1, 0.15) is 0 Å². The van der Waals surface area contributed by atoms with Gasteiger partial charge >= 0.3 is 0 Å². The van der Waals surface area contributed by atoms with Gasteiger partial charge < -0.3 is 0 Å². The van der Waals surface area contributed by atoms with Gasteiger partial charge in [0.05, 0.1) is 0 Å². The van der Waals surface area contributed by atoms with Gasteiger partial charge in [0.25, 0.3) is 0 Å². The van der Waals surface area contributed by atoms with E-state index in [1.165, 1.54) is 405 Å². The predicted molar refractivity (Wildman–Crippen MR) is 343 cm³/mol. The Kier molecular flexibility index (Phi) is 70.9. The Balaban J connectivity index is 3.98. The summed E-state index contributed by atoms with van der Waals surface area (Å²) >= 11 is 0. The monoisotopic (exact) mass is 1040 g/mol. The summed E-state index contributed by atoms with van der Waals surface area (Å²) in [5.74, 6) is 0. The summed E-state index contributed by atoms with van der Waals surface area (Å²) in [4.78, 5) is 0. The Morgan fingerprint density at radius 3 is 0.288 bits per heavy atom. The molecule has 0 amide bonds. The Bertz CT molecular complexity index is 782. The third-order valence-corrected chi connectivity index (χ3v) is 20.3. The number of unbranched alkanes of at least 4 members (excludes halogenated alkanes) is 63. The molecule has 0 aromatic heterocycles. The quantitative estimate of drug-likeness (QED) is 0.0421. The fourth-order valence-corrected chi connectivity index (χ4v) is 14.9. The number of rotatable bonds is 69. The van der Waals surface area contributed by atoms with Crippen molar-refractivity contribution in [3.63, 3.8) is 0 Å². The highest BCUT2D eigenvalue weighted by Crippen LogP contribution is 2.39. The van der Waals surface area contributed by atoms with Crippen molar-refractivity contribution in [3.8, 4) is 0 Å². The number of hydrogen-bond donors (Lipinski definition) is 0. The van der Waals surface area contributed by atoms with Gasteiger partial charge in [0.15, 0.2) is 0 Å². The lowest BCUT2D eigenvalue weighted by molar-refractivity contribution is 0.519. The van der Waals surface area contributed by atoms with Gasteiger partial charge in [-0.05, 0) is 37.7 Å². The van der Waals surface area contributed by atoms with Crippen molar-refractivity contribution in [1.82, 2.24) is 0 Å². The zero-order chi connectivity index (χ0) is 52.4. The minimum atomic E-state index is 0.298. The molecular weight excluding hydrogens is 896 g/mol. The van der Waals surface area contributed by atoms with Crippen LogP contribution in [0.1, 0.15) is 445 Å². The molecule has 0 fully saturated rings. The van der Waals surface area contributed by atoms with E-state index in [1.807, 2.05) is 0 Å². The van der Waals surface area contributed by atoms with Gasteiger partial charge in [-0.1, -0.05) is 425 Å². The Hall–Kier alpha value is 0.430. The van der Waals surface area contributed by atoms with E-state index in [0.717, 1.165) is 0 Å². The molecule has 0 N–H and O–H groups in total. The summed E-state index contributed by atoms with van der Waals surface area (Å²) < 4.78 is 0. The van der Waals surface area contributed by atoms with Crippen molar-refractivity contribution >= 4 is 7.92 Å². The van der Waals surface area contributed by atoms with Crippen LogP contribution in [0.2, 0.25) is 0 Å². The molecular formula is C72H147P. The molecule has 0 radical (unpaired) electrons. The third-order valence-electron chi connectivity index (χ3n) is 17.5. The van der Waals surface area contributed by atoms with Crippen LogP contribution in [-0.2, 0) is 0 Å². The summed E-state index contributed by atoms with van der Waals surface area (Å²) in [6.45, 7) is 6.97. The molecule has 0 nitrogen and oxygen atoms in total. The molecule has 0 unspecified atom stereocenters. The minimum absolute atomic E-state index is 0.298. The van der Waals surface area contributed by atoms with E-state index in [1.54, 1.807) is 37.7 Å². The van der Waals surface area contributed by atoms with Gasteiger partial charge in [-0.3, -0.25) is 0 Å². The lowest BCUT2D eigenvalue weighted by Gasteiger charge is -2.18. The van der Waals surface area contributed by atoms with Crippen molar-refractivity contribution in [1.29, 1.82) is 0 Å². The molecule has 0 aliphatic heterocycles. The fourth-order valence-electron chi connectivity index (χ4n) is 12.2. The summed E-state index contributed by atoms with van der Waals surface area (Å²) in [5.41, 5.74) is 0. The molecule has 0 bridgehead atoms. The molecule has 1 heteroatoms. The highest BCUT2D eigenvalue weighted by atomic mass is 31.1. The maximum absolute atomic E-state index is 2.32. The normalized spacial score (nSPS) is 11.8. The molecule has 440 valence electrons. The molecule has 0 aliphatic carbocycles. The smallest absolute Gasteiger partial charge is 0.0326 e. The van der Waals surface area contributed by atoms with Crippen LogP contribution in [0.5, 0.6) is 0 Å². The van der Waals surface area contributed by atoms with Crippen LogP contribution >= 0.6 is 7.92 Å². The number of hydrogen-bond acceptors (Lipinski definition) is 0. The van der Waals surface area contributed by atoms with Crippen molar-refractivity contribution in [3.05, 3.63) is 0 Å². The van der Waals surface area contributed by atoms with E-state index < -0.39 is 0 Å². The van der Waals surface area contributed by atoms with Crippen LogP contribution in [-0.4, -0.2) is 18.5 Å². The van der Waals surface area contributed by atoms with Gasteiger partial charge in [-0.2, -0.15) is 0 Å². The molecule has 0 rings (SSSR count). The molecule has 0 heterocycles. The summed E-state index contributed by atoms with van der Waals surface area (Å²) in [7, 11) is 0.298. The van der Waals surface area contributed by atoms with E-state index in [4.69, 9.17) is 0 Å². The maximum atomic E-state index is 2.32. The van der Waals surface area contributed by atoms with Crippen LogP contribution < -0.4 is 0 Å². The van der Waals surface area contributed by atoms with Gasteiger partial charge in [-0.25, -0.2) is 0 Å². The average molecular weight is 1040 g/mol. The van der Waals surface area contributed by atoms with Crippen LogP contribution in [0.3, 0.4) is 0 Å². The van der Waals surface area contributed by atoms with Crippen molar-refractivity contribution in [2.24, 2.45) is 0 Å². The van der Waals surface area contributed by atoms with Crippen molar-refractivity contribution in [2.75, 3.05) is 18.5 Å². The summed E-state index contributed by atoms with van der Waals surface area (Å²) in [6.07, 6.45) is 103. The molecule has 73 heavy (non-hydrogen) atoms. The molecule has 0 aromatic carbocycles. The van der Waals surface area contributed by atoms with Crippen LogP contribution in [0.15, 0.2) is 0 Å². The van der Waals surface area contributed by atoms with E-state index in [2.05, 4.69) is 20.8 Å². The van der Waals surface area contributed by atoms with E-state index in [-0.39, 0.29) is 0 Å². The highest BCUT2D eigenvalue weighted by molar-refractivity contribution is 7.57. The van der Waals surface area contributed by atoms with Gasteiger partial charge in [-0.15, -0.1) is 7.92 Å². The maximum Gasteiger partial charge on any atom is -0.0326 e. The van der Waals surface area contributed by atoms with Gasteiger partial charge in [0.2, 0.25) is 0 Å². The van der Waals surface area contributed by atoms with Crippen LogP contribution in [0.25, 0.3) is 0 Å². The first-order valence-electron chi connectivity index (χ1n) is 36.1. The van der Waals surface area contributed by atoms with Crippen molar-refractivity contribution < 1.29 is 0 Å². The second kappa shape index (κ2) is 70.4. The first kappa shape index (κ1) is 73.4. The fraction of sp³-hybridized carbons (Fsp3) is 1.00. The topological polar surface area (TPSA) is 0 Å². The van der Waals surface area contributed by atoms with E-state index in [9.17, 15) is 0 Å². The van der Waals surface area contributed by atoms with Crippen molar-refractivity contribution in [2.45, 2.75) is 445 Å². The Morgan fingerprint density at radius 1 is 0.110 bits per heavy atom. The zero-order valence-corrected chi connectivity index (χ0v) is 53.1. The molecule has 0 spiro atoms. The SMILES string of the molecule is CCCCCCCCCCCCCCCCCCCCCCCCP(CCCCCCCCCCCCCCCCCCCCCCCC)CCCCCCCCCCCCCCCCCCCCCCCC. The van der Waals surface area contributed by atoms with Gasteiger partial charge in [0, 0.05) is 0 Å².